The first kappa shape index (κ1) is 11.0. The minimum Gasteiger partial charge on any atom is -0.333 e. The van der Waals surface area contributed by atoms with Crippen molar-refractivity contribution in [1.29, 1.82) is 0 Å². The number of H-pyrrole nitrogens is 1. The molecule has 0 bridgehead atoms. The van der Waals surface area contributed by atoms with Crippen LogP contribution in [0.3, 0.4) is 0 Å². The largest absolute Gasteiger partial charge is 0.333 e. The number of aromatic amines is 1. The maximum Gasteiger partial charge on any atom is 0.326 e. The van der Waals surface area contributed by atoms with Crippen molar-refractivity contribution >= 4 is 28.3 Å². The number of carbonyl (C=O) groups excluding carboxylic acids is 1. The summed E-state index contributed by atoms with van der Waals surface area (Å²) in [5.74, 6) is 0. The number of benzene rings is 1. The molecule has 2 N–H and O–H groups in total. The molecule has 3 heterocycles. The van der Waals surface area contributed by atoms with Gasteiger partial charge >= 0.3 is 6.03 Å². The van der Waals surface area contributed by atoms with E-state index in [1.165, 1.54) is 0 Å². The highest BCUT2D eigenvalue weighted by atomic mass is 16.2. The number of hydrogen-bond donors (Lipinski definition) is 2. The second-order valence-electron chi connectivity index (χ2n) is 4.64. The van der Waals surface area contributed by atoms with Crippen molar-refractivity contribution in [3.8, 4) is 0 Å². The molecule has 0 unspecified atom stereocenters. The average Bonchev–Trinajstić information content (AvgIpc) is 2.94. The van der Waals surface area contributed by atoms with E-state index in [2.05, 4.69) is 20.5 Å². The Morgan fingerprint density at radius 2 is 2.15 bits per heavy atom. The molecule has 1 aliphatic rings. The van der Waals surface area contributed by atoms with Crippen LogP contribution in [0.2, 0.25) is 0 Å². The molecule has 20 heavy (non-hydrogen) atoms. The van der Waals surface area contributed by atoms with E-state index < -0.39 is 0 Å². The molecule has 0 radical (unpaired) electrons. The molecule has 6 nitrogen and oxygen atoms in total. The Bertz CT molecular complexity index is 810. The number of rotatable bonds is 1. The van der Waals surface area contributed by atoms with Crippen LogP contribution < -0.4 is 10.2 Å². The van der Waals surface area contributed by atoms with E-state index in [0.29, 0.717) is 6.54 Å². The number of aromatic nitrogens is 3. The van der Waals surface area contributed by atoms with E-state index in [0.717, 1.165) is 27.8 Å². The van der Waals surface area contributed by atoms with Crippen molar-refractivity contribution in [2.75, 3.05) is 4.90 Å². The standard InChI is InChI=1S/C14H11N5O/c20-14-16-7-10-6-15-4-3-13(10)19(14)11-2-1-9-8-17-18-12(9)5-11/h1-6,8H,7H2,(H,16,20)(H,17,18). The second kappa shape index (κ2) is 4.06. The predicted molar refractivity (Wildman–Crippen MR) is 74.7 cm³/mol. The van der Waals surface area contributed by atoms with E-state index in [-0.39, 0.29) is 6.03 Å². The van der Waals surface area contributed by atoms with Crippen molar-refractivity contribution < 1.29 is 4.79 Å². The third-order valence-electron chi connectivity index (χ3n) is 3.44. The van der Waals surface area contributed by atoms with Gasteiger partial charge in [-0.2, -0.15) is 5.10 Å². The van der Waals surface area contributed by atoms with Gasteiger partial charge in [0.2, 0.25) is 0 Å². The quantitative estimate of drug-likeness (QED) is 0.709. The van der Waals surface area contributed by atoms with Crippen LogP contribution in [0.1, 0.15) is 5.56 Å². The van der Waals surface area contributed by atoms with Gasteiger partial charge < -0.3 is 5.32 Å². The number of fused-ring (bicyclic) bond motifs is 2. The molecule has 2 aromatic heterocycles. The molecule has 0 saturated heterocycles. The first-order valence-electron chi connectivity index (χ1n) is 6.27. The highest BCUT2D eigenvalue weighted by Gasteiger charge is 2.25. The summed E-state index contributed by atoms with van der Waals surface area (Å²) < 4.78 is 0. The van der Waals surface area contributed by atoms with Crippen LogP contribution in [0.5, 0.6) is 0 Å². The zero-order valence-electron chi connectivity index (χ0n) is 10.5. The van der Waals surface area contributed by atoms with Gasteiger partial charge in [-0.1, -0.05) is 0 Å². The number of anilines is 2. The summed E-state index contributed by atoms with van der Waals surface area (Å²) in [6.45, 7) is 0.505. The molecule has 0 spiro atoms. The van der Waals surface area contributed by atoms with E-state index >= 15 is 0 Å². The summed E-state index contributed by atoms with van der Waals surface area (Å²) in [6.07, 6.45) is 5.23. The highest BCUT2D eigenvalue weighted by Crippen LogP contribution is 2.32. The van der Waals surface area contributed by atoms with Crippen molar-refractivity contribution in [2.45, 2.75) is 6.54 Å². The zero-order chi connectivity index (χ0) is 13.5. The molecule has 0 fully saturated rings. The Labute approximate surface area is 114 Å². The minimum atomic E-state index is -0.137. The van der Waals surface area contributed by atoms with Crippen LogP contribution in [0.4, 0.5) is 16.2 Å². The Morgan fingerprint density at radius 1 is 1.20 bits per heavy atom. The number of urea groups is 1. The molecule has 2 amide bonds. The lowest BCUT2D eigenvalue weighted by Gasteiger charge is -2.29. The van der Waals surface area contributed by atoms with Gasteiger partial charge in [-0.25, -0.2) is 4.79 Å². The van der Waals surface area contributed by atoms with Gasteiger partial charge in [-0.15, -0.1) is 0 Å². The number of nitrogens with zero attached hydrogens (tertiary/aromatic N) is 3. The summed E-state index contributed by atoms with van der Waals surface area (Å²) in [6, 6.07) is 7.48. The topological polar surface area (TPSA) is 73.9 Å². The normalized spacial score (nSPS) is 14.2. The Morgan fingerprint density at radius 3 is 3.10 bits per heavy atom. The summed E-state index contributed by atoms with van der Waals surface area (Å²) in [4.78, 5) is 18.0. The Balaban J connectivity index is 1.89. The molecule has 6 heteroatoms. The fourth-order valence-corrected chi connectivity index (χ4v) is 2.45. The first-order valence-corrected chi connectivity index (χ1v) is 6.27. The van der Waals surface area contributed by atoms with Crippen LogP contribution >= 0.6 is 0 Å². The molecule has 0 aliphatic carbocycles. The molecule has 0 atom stereocenters. The SMILES string of the molecule is O=C1NCc2cnccc2N1c1ccc2cn[nH]c2c1. The Hall–Kier alpha value is -2.89. The van der Waals surface area contributed by atoms with Gasteiger partial charge in [0, 0.05) is 29.9 Å². The summed E-state index contributed by atoms with van der Waals surface area (Å²) in [7, 11) is 0. The lowest BCUT2D eigenvalue weighted by Crippen LogP contribution is -2.41. The van der Waals surface area contributed by atoms with Gasteiger partial charge in [0.15, 0.2) is 0 Å². The first-order chi connectivity index (χ1) is 9.83. The second-order valence-corrected chi connectivity index (χ2v) is 4.64. The molecule has 3 aromatic rings. The summed E-state index contributed by atoms with van der Waals surface area (Å²) in [5, 5.41) is 10.8. The fraction of sp³-hybridized carbons (Fsp3) is 0.0714. The third kappa shape index (κ3) is 1.55. The third-order valence-corrected chi connectivity index (χ3v) is 3.44. The van der Waals surface area contributed by atoms with Crippen LogP contribution in [-0.2, 0) is 6.54 Å². The van der Waals surface area contributed by atoms with Crippen LogP contribution in [0, 0.1) is 0 Å². The van der Waals surface area contributed by atoms with Gasteiger partial charge in [-0.05, 0) is 24.3 Å². The average molecular weight is 265 g/mol. The Kier molecular flexibility index (Phi) is 2.23. The van der Waals surface area contributed by atoms with E-state index in [9.17, 15) is 4.79 Å². The van der Waals surface area contributed by atoms with Crippen molar-refractivity contribution in [1.82, 2.24) is 20.5 Å². The van der Waals surface area contributed by atoms with Crippen molar-refractivity contribution in [2.24, 2.45) is 0 Å². The number of pyridine rings is 1. The van der Waals surface area contributed by atoms with Crippen molar-refractivity contribution in [3.63, 3.8) is 0 Å². The molecule has 4 rings (SSSR count). The van der Waals surface area contributed by atoms with Crippen LogP contribution in [0.25, 0.3) is 10.9 Å². The lowest BCUT2D eigenvalue weighted by atomic mass is 10.1. The highest BCUT2D eigenvalue weighted by molar-refractivity contribution is 6.03. The maximum atomic E-state index is 12.2. The van der Waals surface area contributed by atoms with E-state index in [4.69, 9.17) is 0 Å². The number of hydrogen-bond acceptors (Lipinski definition) is 3. The van der Waals surface area contributed by atoms with Gasteiger partial charge in [0.1, 0.15) is 0 Å². The molecular formula is C14H11N5O. The van der Waals surface area contributed by atoms with Gasteiger partial charge in [0.05, 0.1) is 23.1 Å². The molecule has 1 aliphatic heterocycles. The minimum absolute atomic E-state index is 0.137. The molecular weight excluding hydrogens is 254 g/mol. The fourth-order valence-electron chi connectivity index (χ4n) is 2.45. The van der Waals surface area contributed by atoms with Crippen LogP contribution in [0.15, 0.2) is 42.9 Å². The summed E-state index contributed by atoms with van der Waals surface area (Å²) >= 11 is 0. The van der Waals surface area contributed by atoms with E-state index in [1.54, 1.807) is 23.5 Å². The van der Waals surface area contributed by atoms with E-state index in [1.807, 2.05) is 24.3 Å². The number of amides is 2. The molecule has 0 saturated carbocycles. The van der Waals surface area contributed by atoms with Crippen LogP contribution in [-0.4, -0.2) is 21.2 Å². The number of carbonyl (C=O) groups is 1. The molecule has 1 aromatic carbocycles. The zero-order valence-corrected chi connectivity index (χ0v) is 10.5. The number of nitrogens with one attached hydrogen (secondary N) is 2. The van der Waals surface area contributed by atoms with Gasteiger partial charge in [0.25, 0.3) is 0 Å². The smallest absolute Gasteiger partial charge is 0.326 e. The van der Waals surface area contributed by atoms with Crippen molar-refractivity contribution in [3.05, 3.63) is 48.4 Å². The lowest BCUT2D eigenvalue weighted by molar-refractivity contribution is 0.247. The molecule has 98 valence electrons. The predicted octanol–water partition coefficient (Wildman–Crippen LogP) is 2.32. The summed E-state index contributed by atoms with van der Waals surface area (Å²) in [5.41, 5.74) is 3.56. The maximum absolute atomic E-state index is 12.2. The van der Waals surface area contributed by atoms with Gasteiger partial charge in [-0.3, -0.25) is 15.0 Å². The monoisotopic (exact) mass is 265 g/mol.